The second-order valence-electron chi connectivity index (χ2n) is 9.88. The van der Waals surface area contributed by atoms with Gasteiger partial charge in [-0.1, -0.05) is 12.1 Å². The minimum Gasteiger partial charge on any atom is -0.390 e. The molecule has 2 aliphatic heterocycles. The van der Waals surface area contributed by atoms with Crippen molar-refractivity contribution in [3.8, 4) is 11.1 Å². The molecule has 6 rings (SSSR count). The van der Waals surface area contributed by atoms with Gasteiger partial charge in [-0.2, -0.15) is 5.10 Å². The molecular formula is C27H31N7O. The van der Waals surface area contributed by atoms with Gasteiger partial charge >= 0.3 is 0 Å². The average molecular weight is 470 g/mol. The Morgan fingerprint density at radius 3 is 2.66 bits per heavy atom. The van der Waals surface area contributed by atoms with Crippen LogP contribution in [0.15, 0.2) is 55.0 Å². The van der Waals surface area contributed by atoms with Gasteiger partial charge in [-0.05, 0) is 59.0 Å². The molecule has 1 spiro atoms. The van der Waals surface area contributed by atoms with E-state index in [2.05, 4.69) is 67.0 Å². The summed E-state index contributed by atoms with van der Waals surface area (Å²) in [5.41, 5.74) is 4.52. The third-order valence-corrected chi connectivity index (χ3v) is 7.68. The van der Waals surface area contributed by atoms with Crippen LogP contribution in [0.25, 0.3) is 21.9 Å². The minimum absolute atomic E-state index is 0.0452. The van der Waals surface area contributed by atoms with E-state index in [-0.39, 0.29) is 6.61 Å². The summed E-state index contributed by atoms with van der Waals surface area (Å²) >= 11 is 0. The van der Waals surface area contributed by atoms with Crippen molar-refractivity contribution in [1.82, 2.24) is 25.1 Å². The lowest BCUT2D eigenvalue weighted by Gasteiger charge is -2.48. The van der Waals surface area contributed by atoms with Gasteiger partial charge in [0.05, 0.1) is 18.5 Å². The Kier molecular flexibility index (Phi) is 5.62. The zero-order valence-corrected chi connectivity index (χ0v) is 20.0. The summed E-state index contributed by atoms with van der Waals surface area (Å²) in [6, 6.07) is 12.6. The van der Waals surface area contributed by atoms with Gasteiger partial charge in [0.2, 0.25) is 0 Å². The summed E-state index contributed by atoms with van der Waals surface area (Å²) < 4.78 is 1.72. The van der Waals surface area contributed by atoms with Crippen molar-refractivity contribution in [2.75, 3.05) is 36.4 Å². The van der Waals surface area contributed by atoms with Crippen LogP contribution >= 0.6 is 0 Å². The molecule has 1 aromatic carbocycles. The van der Waals surface area contributed by atoms with E-state index in [1.54, 1.807) is 10.9 Å². The molecule has 0 unspecified atom stereocenters. The van der Waals surface area contributed by atoms with Crippen molar-refractivity contribution in [3.05, 3.63) is 66.2 Å². The molecule has 2 fully saturated rings. The van der Waals surface area contributed by atoms with Crippen molar-refractivity contribution in [2.24, 2.45) is 12.5 Å². The van der Waals surface area contributed by atoms with Crippen molar-refractivity contribution < 1.29 is 5.11 Å². The molecule has 180 valence electrons. The second kappa shape index (κ2) is 8.94. The topological polar surface area (TPSA) is 91.1 Å². The molecule has 3 N–H and O–H groups in total. The molecule has 3 aromatic heterocycles. The number of pyridine rings is 2. The van der Waals surface area contributed by atoms with Crippen molar-refractivity contribution in [3.63, 3.8) is 0 Å². The van der Waals surface area contributed by atoms with E-state index in [0.29, 0.717) is 12.0 Å². The van der Waals surface area contributed by atoms with Gasteiger partial charge in [-0.3, -0.25) is 4.68 Å². The summed E-state index contributed by atoms with van der Waals surface area (Å²) in [5.74, 6) is 1.90. The Bertz CT molecular complexity index is 1350. The molecule has 0 amide bonds. The smallest absolute Gasteiger partial charge is 0.128 e. The quantitative estimate of drug-likeness (QED) is 0.399. The molecule has 8 heteroatoms. The first-order valence-corrected chi connectivity index (χ1v) is 12.3. The largest absolute Gasteiger partial charge is 0.390 e. The zero-order chi connectivity index (χ0) is 23.8. The summed E-state index contributed by atoms with van der Waals surface area (Å²) in [6.45, 7) is 5.14. The van der Waals surface area contributed by atoms with E-state index >= 15 is 0 Å². The molecule has 0 aliphatic carbocycles. The minimum atomic E-state index is -0.0452. The number of hydrogen-bond donors (Lipinski definition) is 3. The summed E-state index contributed by atoms with van der Waals surface area (Å²) in [4.78, 5) is 11.7. The monoisotopic (exact) mass is 469 g/mol. The number of nitrogens with one attached hydrogen (secondary N) is 2. The van der Waals surface area contributed by atoms with Crippen LogP contribution in [0.5, 0.6) is 0 Å². The first-order chi connectivity index (χ1) is 17.1. The number of fused-ring (bicyclic) bond motifs is 1. The Morgan fingerprint density at radius 2 is 1.89 bits per heavy atom. The molecule has 4 aromatic rings. The predicted molar refractivity (Wildman–Crippen MR) is 138 cm³/mol. The van der Waals surface area contributed by atoms with Gasteiger partial charge in [0, 0.05) is 63.1 Å². The first-order valence-electron chi connectivity index (χ1n) is 12.3. The molecule has 0 atom stereocenters. The average Bonchev–Trinajstić information content (AvgIpc) is 3.26. The van der Waals surface area contributed by atoms with E-state index in [1.807, 2.05) is 19.4 Å². The number of aliphatic hydroxyl groups excluding tert-OH is 1. The highest BCUT2D eigenvalue weighted by molar-refractivity contribution is 5.88. The van der Waals surface area contributed by atoms with Crippen LogP contribution in [-0.2, 0) is 20.2 Å². The number of anilines is 2. The lowest BCUT2D eigenvalue weighted by molar-refractivity contribution is 0.126. The Morgan fingerprint density at radius 1 is 1.03 bits per heavy atom. The molecule has 0 radical (unpaired) electrons. The van der Waals surface area contributed by atoms with Crippen LogP contribution in [0.3, 0.4) is 0 Å². The number of hydrogen-bond acceptors (Lipinski definition) is 7. The van der Waals surface area contributed by atoms with Crippen LogP contribution < -0.4 is 15.5 Å². The molecule has 0 saturated carbocycles. The maximum atomic E-state index is 9.73. The van der Waals surface area contributed by atoms with Crippen LogP contribution in [0.1, 0.15) is 24.1 Å². The lowest BCUT2D eigenvalue weighted by Crippen LogP contribution is -2.58. The van der Waals surface area contributed by atoms with Gasteiger partial charge in [0.1, 0.15) is 11.6 Å². The third-order valence-electron chi connectivity index (χ3n) is 7.68. The summed E-state index contributed by atoms with van der Waals surface area (Å²) in [7, 11) is 1.85. The number of rotatable bonds is 6. The molecule has 2 saturated heterocycles. The lowest BCUT2D eigenvalue weighted by atomic mass is 9.73. The standard InChI is InChI=1S/C27H31N7O/c1-33-24(16-35)23(15-32-33)20-2-3-21-14-31-25(12-22(21)11-20)30-13-19-4-7-29-26(10-19)34-8-5-27(6-9-34)17-28-18-27/h2-4,7,10-12,14-15,28,35H,5-6,8-9,13,16-18H2,1H3,(H,30,31). The SMILES string of the molecule is Cn1ncc(-c2ccc3cnc(NCc4ccnc(N5CCC6(CC5)CNC6)c4)cc3c2)c1CO. The Balaban J connectivity index is 1.16. The normalized spacial score (nSPS) is 17.0. The molecule has 0 bridgehead atoms. The van der Waals surface area contributed by atoms with Crippen LogP contribution in [0.2, 0.25) is 0 Å². The Hall–Kier alpha value is -3.49. The predicted octanol–water partition coefficient (Wildman–Crippen LogP) is 3.32. The zero-order valence-electron chi connectivity index (χ0n) is 20.0. The van der Waals surface area contributed by atoms with Gasteiger partial charge in [0.15, 0.2) is 0 Å². The summed E-state index contributed by atoms with van der Waals surface area (Å²) in [6.07, 6.45) is 8.10. The maximum absolute atomic E-state index is 9.73. The van der Waals surface area contributed by atoms with E-state index in [9.17, 15) is 5.11 Å². The number of piperidine rings is 1. The molecule has 35 heavy (non-hydrogen) atoms. The van der Waals surface area contributed by atoms with E-state index < -0.39 is 0 Å². The van der Waals surface area contributed by atoms with Crippen molar-refractivity contribution in [2.45, 2.75) is 26.0 Å². The van der Waals surface area contributed by atoms with E-state index in [1.165, 1.54) is 31.5 Å². The van der Waals surface area contributed by atoms with E-state index in [4.69, 9.17) is 0 Å². The van der Waals surface area contributed by atoms with Crippen LogP contribution in [0.4, 0.5) is 11.6 Å². The number of aliphatic hydroxyl groups is 1. The molecule has 8 nitrogen and oxygen atoms in total. The number of benzene rings is 1. The second-order valence-corrected chi connectivity index (χ2v) is 9.88. The van der Waals surface area contributed by atoms with Crippen molar-refractivity contribution in [1.29, 1.82) is 0 Å². The Labute approximate surface area is 205 Å². The third kappa shape index (κ3) is 4.24. The highest BCUT2D eigenvalue weighted by Gasteiger charge is 2.39. The number of aromatic nitrogens is 4. The molecular weight excluding hydrogens is 438 g/mol. The highest BCUT2D eigenvalue weighted by atomic mass is 16.3. The van der Waals surface area contributed by atoms with Gasteiger partial charge in [-0.15, -0.1) is 0 Å². The van der Waals surface area contributed by atoms with Crippen LogP contribution in [0, 0.1) is 5.41 Å². The molecule has 5 heterocycles. The van der Waals surface area contributed by atoms with Gasteiger partial charge in [0.25, 0.3) is 0 Å². The fraction of sp³-hybridized carbons (Fsp3) is 0.370. The number of nitrogens with zero attached hydrogens (tertiary/aromatic N) is 5. The van der Waals surface area contributed by atoms with Crippen LogP contribution in [-0.4, -0.2) is 51.0 Å². The van der Waals surface area contributed by atoms with E-state index in [0.717, 1.165) is 52.3 Å². The van der Waals surface area contributed by atoms with Crippen molar-refractivity contribution >= 4 is 22.4 Å². The fourth-order valence-electron chi connectivity index (χ4n) is 5.28. The van der Waals surface area contributed by atoms with Gasteiger partial charge < -0.3 is 20.6 Å². The summed E-state index contributed by atoms with van der Waals surface area (Å²) in [5, 5.41) is 23.1. The first kappa shape index (κ1) is 22.0. The molecule has 2 aliphatic rings. The maximum Gasteiger partial charge on any atom is 0.128 e. The fourth-order valence-corrected chi connectivity index (χ4v) is 5.28. The highest BCUT2D eigenvalue weighted by Crippen LogP contribution is 2.36. The number of aryl methyl sites for hydroxylation is 1. The van der Waals surface area contributed by atoms with Gasteiger partial charge in [-0.25, -0.2) is 9.97 Å².